The lowest BCUT2D eigenvalue weighted by molar-refractivity contribution is 0.232. The van der Waals surface area contributed by atoms with E-state index in [0.29, 0.717) is 23.3 Å². The summed E-state index contributed by atoms with van der Waals surface area (Å²) >= 11 is 0. The number of aromatic nitrogens is 2. The van der Waals surface area contributed by atoms with Gasteiger partial charge in [-0.1, -0.05) is 13.8 Å². The molecule has 1 aliphatic carbocycles. The van der Waals surface area contributed by atoms with E-state index in [4.69, 9.17) is 4.74 Å². The minimum Gasteiger partial charge on any atom is -0.475 e. The smallest absolute Gasteiger partial charge is 0.226 e. The van der Waals surface area contributed by atoms with Gasteiger partial charge in [-0.05, 0) is 25.7 Å². The number of nitrogens with zero attached hydrogens (tertiary/aromatic N) is 2. The van der Waals surface area contributed by atoms with E-state index in [1.54, 1.807) is 12.3 Å². The largest absolute Gasteiger partial charge is 0.475 e. The minimum atomic E-state index is 0.139. The Kier molecular flexibility index (Phi) is 2.74. The third-order valence-corrected chi connectivity index (χ3v) is 2.80. The molecule has 1 fully saturated rings. The summed E-state index contributed by atoms with van der Waals surface area (Å²) in [6.07, 6.45) is 3.04. The van der Waals surface area contributed by atoms with E-state index >= 15 is 0 Å². The van der Waals surface area contributed by atoms with Crippen molar-refractivity contribution in [3.63, 3.8) is 0 Å². The van der Waals surface area contributed by atoms with Crippen LogP contribution in [0, 0.1) is 5.41 Å². The molecule has 1 aromatic heterocycles. The van der Waals surface area contributed by atoms with Crippen LogP contribution in [0.25, 0.3) is 0 Å². The van der Waals surface area contributed by atoms with Crippen molar-refractivity contribution in [3.05, 3.63) is 12.3 Å². The van der Waals surface area contributed by atoms with E-state index in [1.807, 2.05) is 13.8 Å². The summed E-state index contributed by atoms with van der Waals surface area (Å²) in [6, 6.07) is 2.27. The summed E-state index contributed by atoms with van der Waals surface area (Å²) in [4.78, 5) is 8.50. The molecule has 0 bridgehead atoms. The van der Waals surface area contributed by atoms with Crippen molar-refractivity contribution in [1.29, 1.82) is 0 Å². The highest BCUT2D eigenvalue weighted by molar-refractivity contribution is 5.33. The van der Waals surface area contributed by atoms with Crippen LogP contribution in [0.15, 0.2) is 12.3 Å². The zero-order valence-electron chi connectivity index (χ0n) is 10.3. The van der Waals surface area contributed by atoms with E-state index in [-0.39, 0.29) is 6.10 Å². The Bertz CT molecular complexity index is 376. The van der Waals surface area contributed by atoms with Crippen molar-refractivity contribution < 1.29 is 4.74 Å². The number of nitrogens with one attached hydrogen (secondary N) is 1. The molecule has 0 aromatic carbocycles. The van der Waals surface area contributed by atoms with Crippen LogP contribution in [0.1, 0.15) is 34.1 Å². The molecule has 1 heterocycles. The third-order valence-electron chi connectivity index (χ3n) is 2.80. The first kappa shape index (κ1) is 11.2. The molecule has 1 aliphatic rings. The molecule has 4 nitrogen and oxygen atoms in total. The number of ether oxygens (including phenoxy) is 1. The molecule has 0 radical (unpaired) electrons. The van der Waals surface area contributed by atoms with Gasteiger partial charge in [0.2, 0.25) is 11.8 Å². The monoisotopic (exact) mass is 221 g/mol. The average molecular weight is 221 g/mol. The Morgan fingerprint density at radius 1 is 1.50 bits per heavy atom. The normalized spacial score (nSPS) is 21.9. The fraction of sp³-hybridized carbons (Fsp3) is 0.667. The average Bonchev–Trinajstić information content (AvgIpc) is 2.72. The molecule has 16 heavy (non-hydrogen) atoms. The maximum absolute atomic E-state index is 5.52. The van der Waals surface area contributed by atoms with Crippen molar-refractivity contribution in [3.8, 4) is 5.88 Å². The van der Waals surface area contributed by atoms with Crippen molar-refractivity contribution in [2.24, 2.45) is 5.41 Å². The van der Waals surface area contributed by atoms with Gasteiger partial charge in [0.1, 0.15) is 0 Å². The molecule has 0 spiro atoms. The van der Waals surface area contributed by atoms with Gasteiger partial charge in [-0.2, -0.15) is 4.98 Å². The second kappa shape index (κ2) is 3.92. The van der Waals surface area contributed by atoms with Gasteiger partial charge in [0.15, 0.2) is 0 Å². The summed E-state index contributed by atoms with van der Waals surface area (Å²) < 4.78 is 5.52. The molecule has 1 N–H and O–H groups in total. The lowest BCUT2D eigenvalue weighted by Crippen LogP contribution is -2.12. The molecule has 1 saturated carbocycles. The molecular weight excluding hydrogens is 202 g/mol. The van der Waals surface area contributed by atoms with E-state index in [9.17, 15) is 0 Å². The standard InChI is InChI=1S/C12H19N3O/c1-8(2)16-10-5-6-13-11(15-10)14-9-7-12(9,3)4/h5-6,8-9H,7H2,1-4H3,(H,13,14,15). The van der Waals surface area contributed by atoms with Gasteiger partial charge < -0.3 is 10.1 Å². The highest BCUT2D eigenvalue weighted by atomic mass is 16.5. The van der Waals surface area contributed by atoms with Crippen LogP contribution in [-0.4, -0.2) is 22.1 Å². The maximum atomic E-state index is 5.52. The van der Waals surface area contributed by atoms with E-state index < -0.39 is 0 Å². The third kappa shape index (κ3) is 2.62. The lowest BCUT2D eigenvalue weighted by Gasteiger charge is -2.10. The van der Waals surface area contributed by atoms with Gasteiger partial charge in [-0.25, -0.2) is 4.98 Å². The SMILES string of the molecule is CC(C)Oc1ccnc(NC2CC2(C)C)n1. The molecular formula is C12H19N3O. The second-order valence-corrected chi connectivity index (χ2v) is 5.27. The molecule has 1 unspecified atom stereocenters. The second-order valence-electron chi connectivity index (χ2n) is 5.27. The predicted molar refractivity (Wildman–Crippen MR) is 63.6 cm³/mol. The Morgan fingerprint density at radius 3 is 2.75 bits per heavy atom. The Hall–Kier alpha value is -1.32. The summed E-state index contributed by atoms with van der Waals surface area (Å²) in [5, 5.41) is 3.32. The van der Waals surface area contributed by atoms with Crippen LogP contribution in [0.4, 0.5) is 5.95 Å². The fourth-order valence-corrected chi connectivity index (χ4v) is 1.59. The van der Waals surface area contributed by atoms with Crippen LogP contribution >= 0.6 is 0 Å². The number of hydrogen-bond donors (Lipinski definition) is 1. The van der Waals surface area contributed by atoms with E-state index in [1.165, 1.54) is 6.42 Å². The Balaban J connectivity index is 2.00. The van der Waals surface area contributed by atoms with Crippen LogP contribution < -0.4 is 10.1 Å². The molecule has 0 amide bonds. The van der Waals surface area contributed by atoms with Crippen LogP contribution in [0.2, 0.25) is 0 Å². The zero-order valence-corrected chi connectivity index (χ0v) is 10.3. The highest BCUT2D eigenvalue weighted by Crippen LogP contribution is 2.46. The molecule has 4 heteroatoms. The Labute approximate surface area is 96.4 Å². The first-order valence-electron chi connectivity index (χ1n) is 5.73. The quantitative estimate of drug-likeness (QED) is 0.848. The molecule has 0 saturated heterocycles. The van der Waals surface area contributed by atoms with Gasteiger partial charge in [0.05, 0.1) is 6.10 Å². The minimum absolute atomic E-state index is 0.139. The Morgan fingerprint density at radius 2 is 2.19 bits per heavy atom. The van der Waals surface area contributed by atoms with Gasteiger partial charge >= 0.3 is 0 Å². The first-order chi connectivity index (χ1) is 7.47. The van der Waals surface area contributed by atoms with Gasteiger partial charge in [-0.15, -0.1) is 0 Å². The molecule has 2 rings (SSSR count). The molecule has 0 aliphatic heterocycles. The fourth-order valence-electron chi connectivity index (χ4n) is 1.59. The van der Waals surface area contributed by atoms with Crippen molar-refractivity contribution >= 4 is 5.95 Å². The van der Waals surface area contributed by atoms with Crippen LogP contribution in [-0.2, 0) is 0 Å². The first-order valence-corrected chi connectivity index (χ1v) is 5.73. The number of rotatable bonds is 4. The molecule has 88 valence electrons. The lowest BCUT2D eigenvalue weighted by atomic mass is 10.2. The number of anilines is 1. The topological polar surface area (TPSA) is 47.0 Å². The predicted octanol–water partition coefficient (Wildman–Crippen LogP) is 2.47. The number of hydrogen-bond acceptors (Lipinski definition) is 4. The molecule has 1 aromatic rings. The van der Waals surface area contributed by atoms with Gasteiger partial charge in [0.25, 0.3) is 0 Å². The van der Waals surface area contributed by atoms with Crippen LogP contribution in [0.5, 0.6) is 5.88 Å². The zero-order chi connectivity index (χ0) is 11.8. The van der Waals surface area contributed by atoms with Crippen LogP contribution in [0.3, 0.4) is 0 Å². The highest BCUT2D eigenvalue weighted by Gasteiger charge is 2.46. The van der Waals surface area contributed by atoms with Crippen molar-refractivity contribution in [1.82, 2.24) is 9.97 Å². The summed E-state index contributed by atoms with van der Waals surface area (Å²) in [5.41, 5.74) is 0.373. The summed E-state index contributed by atoms with van der Waals surface area (Å²) in [5.74, 6) is 1.29. The van der Waals surface area contributed by atoms with Crippen molar-refractivity contribution in [2.45, 2.75) is 46.3 Å². The van der Waals surface area contributed by atoms with Crippen molar-refractivity contribution in [2.75, 3.05) is 5.32 Å². The van der Waals surface area contributed by atoms with Gasteiger partial charge in [-0.3, -0.25) is 0 Å². The van der Waals surface area contributed by atoms with E-state index in [2.05, 4.69) is 29.1 Å². The summed E-state index contributed by atoms with van der Waals surface area (Å²) in [6.45, 7) is 8.44. The summed E-state index contributed by atoms with van der Waals surface area (Å²) in [7, 11) is 0. The maximum Gasteiger partial charge on any atom is 0.226 e. The van der Waals surface area contributed by atoms with Gasteiger partial charge in [0, 0.05) is 18.3 Å². The molecule has 1 atom stereocenters. The van der Waals surface area contributed by atoms with E-state index in [0.717, 1.165) is 0 Å².